The summed E-state index contributed by atoms with van der Waals surface area (Å²) in [7, 11) is 0. The van der Waals surface area contributed by atoms with Gasteiger partial charge in [0.2, 0.25) is 0 Å². The number of benzene rings is 6. The molecule has 0 fully saturated rings. The molecule has 0 saturated heterocycles. The molecule has 2 aliphatic rings. The zero-order valence-electron chi connectivity index (χ0n) is 26.8. The number of para-hydroxylation sites is 6. The van der Waals surface area contributed by atoms with E-state index < -0.39 is 0 Å². The number of hydrogen-bond acceptors (Lipinski definition) is 4. The van der Waals surface area contributed by atoms with Gasteiger partial charge in [0.05, 0.1) is 57.0 Å². The second kappa shape index (κ2) is 11.8. The highest BCUT2D eigenvalue weighted by molar-refractivity contribution is 14.1. The maximum atomic E-state index is 6.40. The van der Waals surface area contributed by atoms with Gasteiger partial charge in [-0.3, -0.25) is 3.11 Å². The topological polar surface area (TPSA) is 27.7 Å². The SMILES string of the molecule is Cc1ccccc1Oc1ccccc1CCc1ccc2c(c1)C(C)(C)c1cc(N3c4ccccc4Nc4ccccc43)ccc1N2I. The molecule has 0 amide bonds. The van der Waals surface area contributed by atoms with Crippen LogP contribution in [0, 0.1) is 6.92 Å². The maximum Gasteiger partial charge on any atom is 0.130 e. The molecule has 0 radical (unpaired) electrons. The first-order valence-corrected chi connectivity index (χ1v) is 17.2. The number of rotatable bonds is 6. The monoisotopic (exact) mass is 725 g/mol. The van der Waals surface area contributed by atoms with E-state index in [0.29, 0.717) is 0 Å². The maximum absolute atomic E-state index is 6.40. The molecule has 8 rings (SSSR count). The van der Waals surface area contributed by atoms with E-state index in [4.69, 9.17) is 4.74 Å². The zero-order chi connectivity index (χ0) is 32.1. The molecule has 4 nitrogen and oxygen atoms in total. The fourth-order valence-electron chi connectivity index (χ4n) is 7.00. The highest BCUT2D eigenvalue weighted by atomic mass is 127. The molecular weight excluding hydrogens is 689 g/mol. The molecule has 2 heterocycles. The molecule has 0 saturated carbocycles. The third kappa shape index (κ3) is 5.23. The summed E-state index contributed by atoms with van der Waals surface area (Å²) in [5.41, 5.74) is 14.3. The standard InChI is InChI=1S/C42H36IN3O/c1-28-12-4-10-18-40(28)47-41-19-11-5-13-30(41)22-20-29-21-24-36-32(26-29)42(2,3)33-27-31(23-25-37(33)46(36)43)45-38-16-8-6-14-34(38)44-35-15-7-9-17-39(35)45/h4-19,21,23-27,44H,20,22H2,1-3H3. The Kier molecular flexibility index (Phi) is 7.44. The summed E-state index contributed by atoms with van der Waals surface area (Å²) in [6.45, 7) is 6.82. The van der Waals surface area contributed by atoms with Crippen molar-refractivity contribution in [2.24, 2.45) is 0 Å². The number of fused-ring (bicyclic) bond motifs is 4. The van der Waals surface area contributed by atoms with Crippen molar-refractivity contribution in [3.63, 3.8) is 0 Å². The Morgan fingerprint density at radius 2 is 1.21 bits per heavy atom. The molecule has 0 atom stereocenters. The number of aryl methyl sites for hydroxylation is 3. The van der Waals surface area contributed by atoms with Gasteiger partial charge in [-0.05, 0) is 108 Å². The van der Waals surface area contributed by atoms with E-state index in [2.05, 4.69) is 172 Å². The number of anilines is 7. The van der Waals surface area contributed by atoms with Gasteiger partial charge in [-0.2, -0.15) is 0 Å². The highest BCUT2D eigenvalue weighted by Gasteiger charge is 2.37. The van der Waals surface area contributed by atoms with Crippen LogP contribution in [0.1, 0.15) is 41.7 Å². The van der Waals surface area contributed by atoms with Crippen molar-refractivity contribution >= 4 is 62.7 Å². The van der Waals surface area contributed by atoms with E-state index in [-0.39, 0.29) is 5.41 Å². The van der Waals surface area contributed by atoms with Gasteiger partial charge >= 0.3 is 0 Å². The van der Waals surface area contributed by atoms with Crippen LogP contribution in [0.4, 0.5) is 39.8 Å². The molecule has 0 aromatic heterocycles. The average Bonchev–Trinajstić information content (AvgIpc) is 3.10. The number of halogens is 1. The Morgan fingerprint density at radius 3 is 1.94 bits per heavy atom. The second-order valence-corrected chi connectivity index (χ2v) is 13.9. The third-order valence-electron chi connectivity index (χ3n) is 9.60. The quantitative estimate of drug-likeness (QED) is 0.136. The van der Waals surface area contributed by atoms with Gasteiger partial charge in [0, 0.05) is 11.1 Å². The summed E-state index contributed by atoms with van der Waals surface area (Å²) >= 11 is 2.48. The summed E-state index contributed by atoms with van der Waals surface area (Å²) in [5.74, 6) is 1.83. The van der Waals surface area contributed by atoms with Crippen LogP contribution in [0.5, 0.6) is 11.5 Å². The van der Waals surface area contributed by atoms with E-state index in [0.717, 1.165) is 58.3 Å². The first-order valence-electron chi connectivity index (χ1n) is 16.2. The first kappa shape index (κ1) is 29.6. The number of nitrogens with one attached hydrogen (secondary N) is 1. The van der Waals surface area contributed by atoms with Gasteiger partial charge in [0.1, 0.15) is 11.5 Å². The lowest BCUT2D eigenvalue weighted by Gasteiger charge is -2.41. The second-order valence-electron chi connectivity index (χ2n) is 12.9. The van der Waals surface area contributed by atoms with Crippen molar-refractivity contribution < 1.29 is 4.74 Å². The molecule has 232 valence electrons. The van der Waals surface area contributed by atoms with E-state index >= 15 is 0 Å². The predicted molar refractivity (Wildman–Crippen MR) is 204 cm³/mol. The minimum absolute atomic E-state index is 0.197. The van der Waals surface area contributed by atoms with Crippen molar-refractivity contribution in [2.45, 2.75) is 39.0 Å². The fraction of sp³-hybridized carbons (Fsp3) is 0.143. The highest BCUT2D eigenvalue weighted by Crippen LogP contribution is 2.54. The largest absolute Gasteiger partial charge is 0.457 e. The lowest BCUT2D eigenvalue weighted by Crippen LogP contribution is -2.29. The van der Waals surface area contributed by atoms with Crippen LogP contribution in [0.3, 0.4) is 0 Å². The molecular formula is C42H36IN3O. The smallest absolute Gasteiger partial charge is 0.130 e. The van der Waals surface area contributed by atoms with E-state index in [1.807, 2.05) is 18.2 Å². The van der Waals surface area contributed by atoms with Gasteiger partial charge < -0.3 is 15.0 Å². The minimum atomic E-state index is -0.197. The Bertz CT molecular complexity index is 2090. The Morgan fingerprint density at radius 1 is 0.617 bits per heavy atom. The third-order valence-corrected chi connectivity index (χ3v) is 10.6. The van der Waals surface area contributed by atoms with Gasteiger partial charge in [-0.1, -0.05) is 86.6 Å². The van der Waals surface area contributed by atoms with Crippen LogP contribution in [0.15, 0.2) is 133 Å². The minimum Gasteiger partial charge on any atom is -0.457 e. The summed E-state index contributed by atoms with van der Waals surface area (Å²) in [4.78, 5) is 2.39. The van der Waals surface area contributed by atoms with Crippen LogP contribution >= 0.6 is 22.9 Å². The van der Waals surface area contributed by atoms with Crippen LogP contribution < -0.4 is 18.1 Å². The van der Waals surface area contributed by atoms with Gasteiger partial charge in [-0.25, -0.2) is 0 Å². The van der Waals surface area contributed by atoms with Crippen molar-refractivity contribution in [1.29, 1.82) is 0 Å². The van der Waals surface area contributed by atoms with Crippen molar-refractivity contribution in [2.75, 3.05) is 13.3 Å². The van der Waals surface area contributed by atoms with E-state index in [9.17, 15) is 0 Å². The summed E-state index contributed by atoms with van der Waals surface area (Å²) < 4.78 is 8.72. The molecule has 0 unspecified atom stereocenters. The van der Waals surface area contributed by atoms with E-state index in [1.54, 1.807) is 0 Å². The molecule has 0 spiro atoms. The molecule has 6 aromatic rings. The van der Waals surface area contributed by atoms with Gasteiger partial charge in [0.25, 0.3) is 0 Å². The zero-order valence-corrected chi connectivity index (χ0v) is 29.0. The molecule has 6 aromatic carbocycles. The first-order chi connectivity index (χ1) is 22.9. The summed E-state index contributed by atoms with van der Waals surface area (Å²) in [5, 5.41) is 3.63. The van der Waals surface area contributed by atoms with Crippen molar-refractivity contribution in [3.05, 3.63) is 161 Å². The number of nitrogens with zero attached hydrogens (tertiary/aromatic N) is 2. The van der Waals surface area contributed by atoms with Gasteiger partial charge in [0.15, 0.2) is 0 Å². The Labute approximate surface area is 291 Å². The Balaban J connectivity index is 1.12. The molecule has 0 aliphatic carbocycles. The molecule has 2 aliphatic heterocycles. The van der Waals surface area contributed by atoms with Gasteiger partial charge in [-0.15, -0.1) is 0 Å². The van der Waals surface area contributed by atoms with Crippen LogP contribution in [0.2, 0.25) is 0 Å². The summed E-state index contributed by atoms with van der Waals surface area (Å²) in [6.07, 6.45) is 1.83. The molecule has 47 heavy (non-hydrogen) atoms. The lowest BCUT2D eigenvalue weighted by atomic mass is 9.73. The van der Waals surface area contributed by atoms with Crippen LogP contribution in [0.25, 0.3) is 0 Å². The van der Waals surface area contributed by atoms with Crippen LogP contribution in [-0.2, 0) is 18.3 Å². The number of ether oxygens (including phenoxy) is 1. The van der Waals surface area contributed by atoms with Crippen LogP contribution in [-0.4, -0.2) is 0 Å². The molecule has 0 bridgehead atoms. The molecule has 5 heteroatoms. The lowest BCUT2D eigenvalue weighted by molar-refractivity contribution is 0.472. The Hall–Kier alpha value is -4.75. The van der Waals surface area contributed by atoms with Crippen molar-refractivity contribution in [1.82, 2.24) is 0 Å². The summed E-state index contributed by atoms with van der Waals surface area (Å²) in [6, 6.07) is 47.7. The number of hydrogen-bond donors (Lipinski definition) is 1. The normalized spacial score (nSPS) is 14.0. The fourth-order valence-corrected chi connectivity index (χ4v) is 7.84. The van der Waals surface area contributed by atoms with E-state index in [1.165, 1.54) is 33.6 Å². The van der Waals surface area contributed by atoms with Crippen molar-refractivity contribution in [3.8, 4) is 11.5 Å². The molecule has 1 N–H and O–H groups in total. The average molecular weight is 726 g/mol. The predicted octanol–water partition coefficient (Wildman–Crippen LogP) is 12.2.